The average Bonchev–Trinajstić information content (AvgIpc) is 2.43. The number of nitrogens with zero attached hydrogens (tertiary/aromatic N) is 1. The molecule has 0 aliphatic rings. The number of rotatable bonds is 9. The first-order valence-corrected chi connectivity index (χ1v) is 6.73. The highest BCUT2D eigenvalue weighted by Gasteiger charge is 2.09. The Balaban J connectivity index is 2.35. The first-order valence-electron chi connectivity index (χ1n) is 6.73. The molecule has 1 unspecified atom stereocenters. The second-order valence-electron chi connectivity index (χ2n) is 4.64. The minimum atomic E-state index is -0.428. The van der Waals surface area contributed by atoms with E-state index in [1.54, 1.807) is 7.11 Å². The van der Waals surface area contributed by atoms with E-state index in [0.29, 0.717) is 19.8 Å². The highest BCUT2D eigenvalue weighted by atomic mass is 16.5. The summed E-state index contributed by atoms with van der Waals surface area (Å²) in [5, 5.41) is 9.76. The minimum absolute atomic E-state index is 0.398. The van der Waals surface area contributed by atoms with Gasteiger partial charge in [-0.2, -0.15) is 0 Å². The zero-order valence-corrected chi connectivity index (χ0v) is 12.1. The van der Waals surface area contributed by atoms with Crippen molar-refractivity contribution in [1.29, 1.82) is 0 Å². The summed E-state index contributed by atoms with van der Waals surface area (Å²) in [7, 11) is 3.69. The fourth-order valence-corrected chi connectivity index (χ4v) is 1.98. The van der Waals surface area contributed by atoms with Crippen molar-refractivity contribution < 1.29 is 14.6 Å². The Hall–Kier alpha value is -1.10. The van der Waals surface area contributed by atoms with Crippen molar-refractivity contribution in [2.75, 3.05) is 40.5 Å². The van der Waals surface area contributed by atoms with Gasteiger partial charge in [0.2, 0.25) is 0 Å². The van der Waals surface area contributed by atoms with Crippen LogP contribution in [0.1, 0.15) is 12.5 Å². The van der Waals surface area contributed by atoms with Crippen LogP contribution < -0.4 is 4.74 Å². The Kier molecular flexibility index (Phi) is 7.48. The van der Waals surface area contributed by atoms with Gasteiger partial charge in [0.25, 0.3) is 0 Å². The SMILES string of the molecule is CCOCC(O)CN(C)CCc1ccccc1OC. The van der Waals surface area contributed by atoms with Gasteiger partial charge in [-0.05, 0) is 32.0 Å². The largest absolute Gasteiger partial charge is 0.496 e. The zero-order valence-electron chi connectivity index (χ0n) is 12.1. The summed E-state index contributed by atoms with van der Waals surface area (Å²) in [5.74, 6) is 0.922. The van der Waals surface area contributed by atoms with Crippen LogP contribution in [0, 0.1) is 0 Å². The van der Waals surface area contributed by atoms with Crippen molar-refractivity contribution in [3.8, 4) is 5.75 Å². The van der Waals surface area contributed by atoms with E-state index in [-0.39, 0.29) is 0 Å². The monoisotopic (exact) mass is 267 g/mol. The van der Waals surface area contributed by atoms with Crippen LogP contribution in [0.5, 0.6) is 5.75 Å². The molecule has 0 aromatic heterocycles. The van der Waals surface area contributed by atoms with Gasteiger partial charge in [-0.15, -0.1) is 0 Å². The molecule has 0 heterocycles. The lowest BCUT2D eigenvalue weighted by molar-refractivity contribution is 0.0257. The molecule has 0 saturated carbocycles. The third-order valence-corrected chi connectivity index (χ3v) is 2.99. The molecule has 1 N–H and O–H groups in total. The van der Waals surface area contributed by atoms with Crippen molar-refractivity contribution in [1.82, 2.24) is 4.90 Å². The maximum Gasteiger partial charge on any atom is 0.122 e. The lowest BCUT2D eigenvalue weighted by Gasteiger charge is -2.20. The average molecular weight is 267 g/mol. The van der Waals surface area contributed by atoms with Crippen LogP contribution in [0.3, 0.4) is 0 Å². The molecule has 1 aromatic rings. The minimum Gasteiger partial charge on any atom is -0.496 e. The van der Waals surface area contributed by atoms with Gasteiger partial charge in [0.1, 0.15) is 5.75 Å². The van der Waals surface area contributed by atoms with Crippen molar-refractivity contribution in [3.05, 3.63) is 29.8 Å². The highest BCUT2D eigenvalue weighted by molar-refractivity contribution is 5.33. The maximum atomic E-state index is 9.76. The normalized spacial score (nSPS) is 12.7. The topological polar surface area (TPSA) is 41.9 Å². The van der Waals surface area contributed by atoms with Gasteiger partial charge in [-0.25, -0.2) is 0 Å². The second kappa shape index (κ2) is 8.91. The first kappa shape index (κ1) is 16.0. The Morgan fingerprint density at radius 2 is 2.05 bits per heavy atom. The standard InChI is InChI=1S/C15H25NO3/c1-4-19-12-14(17)11-16(2)10-9-13-7-5-6-8-15(13)18-3/h5-8,14,17H,4,9-12H2,1-3H3. The molecule has 1 aromatic carbocycles. The predicted octanol–water partition coefficient (Wildman–Crippen LogP) is 1.57. The molecule has 0 bridgehead atoms. The molecule has 1 atom stereocenters. The van der Waals surface area contributed by atoms with Crippen molar-refractivity contribution >= 4 is 0 Å². The Morgan fingerprint density at radius 1 is 1.32 bits per heavy atom. The number of methoxy groups -OCH3 is 1. The lowest BCUT2D eigenvalue weighted by atomic mass is 10.1. The van der Waals surface area contributed by atoms with E-state index in [0.717, 1.165) is 18.7 Å². The molecule has 0 spiro atoms. The molecule has 4 heteroatoms. The summed E-state index contributed by atoms with van der Waals surface area (Å²) in [6, 6.07) is 8.03. The molecular formula is C15H25NO3. The number of hydrogen-bond donors (Lipinski definition) is 1. The number of para-hydroxylation sites is 1. The van der Waals surface area contributed by atoms with Crippen LogP contribution in [0.2, 0.25) is 0 Å². The van der Waals surface area contributed by atoms with E-state index in [4.69, 9.17) is 9.47 Å². The predicted molar refractivity (Wildman–Crippen MR) is 76.7 cm³/mol. The second-order valence-corrected chi connectivity index (χ2v) is 4.64. The van der Waals surface area contributed by atoms with E-state index in [2.05, 4.69) is 11.0 Å². The third kappa shape index (κ3) is 6.05. The summed E-state index contributed by atoms with van der Waals surface area (Å²) < 4.78 is 10.5. The fourth-order valence-electron chi connectivity index (χ4n) is 1.98. The van der Waals surface area contributed by atoms with Gasteiger partial charge >= 0.3 is 0 Å². The molecule has 0 aliphatic heterocycles. The molecule has 108 valence electrons. The Bertz CT molecular complexity index is 357. The van der Waals surface area contributed by atoms with Gasteiger partial charge in [0, 0.05) is 19.7 Å². The molecule has 0 fully saturated rings. The van der Waals surface area contributed by atoms with Gasteiger partial charge in [0.05, 0.1) is 19.8 Å². The van der Waals surface area contributed by atoms with Gasteiger partial charge in [-0.1, -0.05) is 18.2 Å². The number of aliphatic hydroxyl groups excluding tert-OH is 1. The van der Waals surface area contributed by atoms with Crippen molar-refractivity contribution in [3.63, 3.8) is 0 Å². The van der Waals surface area contributed by atoms with Crippen LogP contribution in [0.15, 0.2) is 24.3 Å². The summed E-state index contributed by atoms with van der Waals surface area (Å²) in [6.45, 7) is 4.47. The van der Waals surface area contributed by atoms with Crippen LogP contribution in [-0.4, -0.2) is 56.6 Å². The number of likely N-dealkylation sites (N-methyl/N-ethyl adjacent to an activating group) is 1. The fraction of sp³-hybridized carbons (Fsp3) is 0.600. The number of benzene rings is 1. The van der Waals surface area contributed by atoms with Crippen molar-refractivity contribution in [2.24, 2.45) is 0 Å². The van der Waals surface area contributed by atoms with Crippen LogP contribution in [0.4, 0.5) is 0 Å². The first-order chi connectivity index (χ1) is 9.17. The van der Waals surface area contributed by atoms with Gasteiger partial charge in [-0.3, -0.25) is 0 Å². The van der Waals surface area contributed by atoms with Gasteiger partial charge < -0.3 is 19.5 Å². The maximum absolute atomic E-state index is 9.76. The van der Waals surface area contributed by atoms with E-state index < -0.39 is 6.10 Å². The number of hydrogen-bond acceptors (Lipinski definition) is 4. The zero-order chi connectivity index (χ0) is 14.1. The van der Waals surface area contributed by atoms with E-state index >= 15 is 0 Å². The molecule has 0 saturated heterocycles. The molecule has 19 heavy (non-hydrogen) atoms. The lowest BCUT2D eigenvalue weighted by Crippen LogP contribution is -2.33. The summed E-state index contributed by atoms with van der Waals surface area (Å²) in [5.41, 5.74) is 1.19. The van der Waals surface area contributed by atoms with Crippen molar-refractivity contribution in [2.45, 2.75) is 19.4 Å². The Labute approximate surface area is 115 Å². The van der Waals surface area contributed by atoms with E-state index in [9.17, 15) is 5.11 Å². The summed E-state index contributed by atoms with van der Waals surface area (Å²) in [4.78, 5) is 2.11. The van der Waals surface area contributed by atoms with Crippen LogP contribution in [0.25, 0.3) is 0 Å². The molecule has 0 aliphatic carbocycles. The molecule has 1 rings (SSSR count). The Morgan fingerprint density at radius 3 is 2.74 bits per heavy atom. The van der Waals surface area contributed by atoms with E-state index in [1.807, 2.05) is 32.2 Å². The van der Waals surface area contributed by atoms with Gasteiger partial charge in [0.15, 0.2) is 0 Å². The quantitative estimate of drug-likeness (QED) is 0.737. The molecule has 0 amide bonds. The van der Waals surface area contributed by atoms with Crippen LogP contribution >= 0.6 is 0 Å². The van der Waals surface area contributed by atoms with Crippen LogP contribution in [-0.2, 0) is 11.2 Å². The van der Waals surface area contributed by atoms with E-state index in [1.165, 1.54) is 5.56 Å². The summed E-state index contributed by atoms with van der Waals surface area (Å²) >= 11 is 0. The molecular weight excluding hydrogens is 242 g/mol. The third-order valence-electron chi connectivity index (χ3n) is 2.99. The molecule has 0 radical (unpaired) electrons. The number of ether oxygens (including phenoxy) is 2. The number of aliphatic hydroxyl groups is 1. The molecule has 4 nitrogen and oxygen atoms in total. The highest BCUT2D eigenvalue weighted by Crippen LogP contribution is 2.17. The smallest absolute Gasteiger partial charge is 0.122 e. The summed E-state index contributed by atoms with van der Waals surface area (Å²) in [6.07, 6.45) is 0.477.